The third kappa shape index (κ3) is 5.31. The Morgan fingerprint density at radius 1 is 0.963 bits per heavy atom. The lowest BCUT2D eigenvalue weighted by atomic mass is 10.1. The van der Waals surface area contributed by atoms with Crippen molar-refractivity contribution in [2.45, 2.75) is 12.5 Å². The van der Waals surface area contributed by atoms with E-state index in [0.717, 1.165) is 6.42 Å². The average Bonchev–Trinajstić information content (AvgIpc) is 3.19. The zero-order chi connectivity index (χ0) is 19.1. The molecule has 0 aliphatic carbocycles. The molecule has 1 fully saturated rings. The summed E-state index contributed by atoms with van der Waals surface area (Å²) in [4.78, 5) is 24.3. The van der Waals surface area contributed by atoms with Crippen molar-refractivity contribution in [3.05, 3.63) is 65.7 Å². The third-order valence-corrected chi connectivity index (χ3v) is 4.59. The minimum absolute atomic E-state index is 0.0363. The first-order valence-electron chi connectivity index (χ1n) is 9.03. The highest BCUT2D eigenvalue weighted by molar-refractivity contribution is 5.94. The van der Waals surface area contributed by atoms with Crippen LogP contribution in [0.2, 0.25) is 0 Å². The molecule has 1 heterocycles. The van der Waals surface area contributed by atoms with Crippen LogP contribution in [0.4, 0.5) is 0 Å². The van der Waals surface area contributed by atoms with Crippen molar-refractivity contribution in [1.82, 2.24) is 10.6 Å². The Labute approximate surface area is 158 Å². The molecule has 1 aliphatic heterocycles. The fourth-order valence-electron chi connectivity index (χ4n) is 3.04. The zero-order valence-electron chi connectivity index (χ0n) is 15.3. The van der Waals surface area contributed by atoms with E-state index >= 15 is 0 Å². The SMILES string of the molecule is COc1ccc(C(=O)NCC2CC(CNC(=O)c3ccccc3)CO2)cc1. The second kappa shape index (κ2) is 9.19. The molecule has 0 radical (unpaired) electrons. The summed E-state index contributed by atoms with van der Waals surface area (Å²) in [6.07, 6.45) is 0.767. The van der Waals surface area contributed by atoms with E-state index in [2.05, 4.69) is 10.6 Å². The summed E-state index contributed by atoms with van der Waals surface area (Å²) in [5, 5.41) is 5.84. The molecule has 1 saturated heterocycles. The van der Waals surface area contributed by atoms with E-state index < -0.39 is 0 Å². The van der Waals surface area contributed by atoms with Crippen LogP contribution >= 0.6 is 0 Å². The zero-order valence-corrected chi connectivity index (χ0v) is 15.3. The van der Waals surface area contributed by atoms with Gasteiger partial charge in [-0.25, -0.2) is 0 Å². The van der Waals surface area contributed by atoms with E-state index in [9.17, 15) is 9.59 Å². The first-order valence-corrected chi connectivity index (χ1v) is 9.03. The molecule has 27 heavy (non-hydrogen) atoms. The Balaban J connectivity index is 1.39. The van der Waals surface area contributed by atoms with Crippen LogP contribution < -0.4 is 15.4 Å². The molecule has 142 valence electrons. The van der Waals surface area contributed by atoms with Crippen LogP contribution in [0.25, 0.3) is 0 Å². The third-order valence-electron chi connectivity index (χ3n) is 4.59. The number of hydrogen-bond donors (Lipinski definition) is 2. The number of carbonyl (C=O) groups is 2. The van der Waals surface area contributed by atoms with Crippen LogP contribution in [0, 0.1) is 5.92 Å². The molecule has 0 spiro atoms. The van der Waals surface area contributed by atoms with Crippen LogP contribution in [-0.2, 0) is 4.74 Å². The number of ether oxygens (including phenoxy) is 2. The van der Waals surface area contributed by atoms with Gasteiger partial charge in [0.1, 0.15) is 5.75 Å². The molecule has 2 aromatic rings. The van der Waals surface area contributed by atoms with Gasteiger partial charge in [0.25, 0.3) is 11.8 Å². The van der Waals surface area contributed by atoms with E-state index in [1.807, 2.05) is 18.2 Å². The molecular weight excluding hydrogens is 344 g/mol. The van der Waals surface area contributed by atoms with Crippen LogP contribution in [-0.4, -0.2) is 44.7 Å². The van der Waals surface area contributed by atoms with Gasteiger partial charge in [-0.15, -0.1) is 0 Å². The van der Waals surface area contributed by atoms with Crippen molar-refractivity contribution in [1.29, 1.82) is 0 Å². The van der Waals surface area contributed by atoms with Crippen molar-refractivity contribution < 1.29 is 19.1 Å². The molecule has 3 rings (SSSR count). The monoisotopic (exact) mass is 368 g/mol. The van der Waals surface area contributed by atoms with Gasteiger partial charge in [-0.05, 0) is 42.8 Å². The maximum atomic E-state index is 12.2. The molecule has 0 aromatic heterocycles. The van der Waals surface area contributed by atoms with Crippen molar-refractivity contribution in [3.8, 4) is 5.75 Å². The second-order valence-corrected chi connectivity index (χ2v) is 6.57. The maximum Gasteiger partial charge on any atom is 0.251 e. The Bertz CT molecular complexity index is 762. The van der Waals surface area contributed by atoms with Gasteiger partial charge in [-0.2, -0.15) is 0 Å². The fourth-order valence-corrected chi connectivity index (χ4v) is 3.04. The van der Waals surface area contributed by atoms with Gasteiger partial charge in [0, 0.05) is 30.1 Å². The Morgan fingerprint density at radius 3 is 2.26 bits per heavy atom. The van der Waals surface area contributed by atoms with Gasteiger partial charge in [0.2, 0.25) is 0 Å². The van der Waals surface area contributed by atoms with E-state index in [1.165, 1.54) is 0 Å². The summed E-state index contributed by atoms with van der Waals surface area (Å²) < 4.78 is 10.8. The van der Waals surface area contributed by atoms with Crippen LogP contribution in [0.15, 0.2) is 54.6 Å². The van der Waals surface area contributed by atoms with Gasteiger partial charge in [0.15, 0.2) is 0 Å². The summed E-state index contributed by atoms with van der Waals surface area (Å²) in [6, 6.07) is 16.1. The Kier molecular flexibility index (Phi) is 6.44. The summed E-state index contributed by atoms with van der Waals surface area (Å²) in [7, 11) is 1.59. The van der Waals surface area contributed by atoms with E-state index in [-0.39, 0.29) is 23.8 Å². The number of nitrogens with one attached hydrogen (secondary N) is 2. The number of rotatable bonds is 7. The van der Waals surface area contributed by atoms with Crippen LogP contribution in [0.1, 0.15) is 27.1 Å². The topological polar surface area (TPSA) is 76.7 Å². The molecule has 2 N–H and O–H groups in total. The van der Waals surface area contributed by atoms with E-state index in [1.54, 1.807) is 43.5 Å². The van der Waals surface area contributed by atoms with Crippen molar-refractivity contribution >= 4 is 11.8 Å². The first-order chi connectivity index (χ1) is 13.2. The smallest absolute Gasteiger partial charge is 0.251 e. The Hall–Kier alpha value is -2.86. The minimum atomic E-state index is -0.137. The maximum absolute atomic E-state index is 12.2. The standard InChI is InChI=1S/C21H24N2O4/c1-26-18-9-7-17(8-10-18)21(25)23-13-19-11-15(14-27-19)12-22-20(24)16-5-3-2-4-6-16/h2-10,15,19H,11-14H2,1H3,(H,22,24)(H,23,25). The lowest BCUT2D eigenvalue weighted by Gasteiger charge is -2.12. The number of carbonyl (C=O) groups excluding carboxylic acids is 2. The molecule has 2 unspecified atom stereocenters. The second-order valence-electron chi connectivity index (χ2n) is 6.57. The molecule has 1 aliphatic rings. The highest BCUT2D eigenvalue weighted by Gasteiger charge is 2.26. The largest absolute Gasteiger partial charge is 0.497 e. The summed E-state index contributed by atoms with van der Waals surface area (Å²) in [5.74, 6) is 0.751. The molecule has 2 amide bonds. The average molecular weight is 368 g/mol. The van der Waals surface area contributed by atoms with Crippen LogP contribution in [0.5, 0.6) is 5.75 Å². The van der Waals surface area contributed by atoms with Crippen LogP contribution in [0.3, 0.4) is 0 Å². The molecular formula is C21H24N2O4. The summed E-state index contributed by atoms with van der Waals surface area (Å²) in [6.45, 7) is 1.60. The van der Waals surface area contributed by atoms with Gasteiger partial charge < -0.3 is 20.1 Å². The van der Waals surface area contributed by atoms with Crippen molar-refractivity contribution in [2.24, 2.45) is 5.92 Å². The normalized spacial score (nSPS) is 18.7. The quantitative estimate of drug-likeness (QED) is 0.786. The Morgan fingerprint density at radius 2 is 1.59 bits per heavy atom. The highest BCUT2D eigenvalue weighted by Crippen LogP contribution is 2.19. The van der Waals surface area contributed by atoms with Crippen molar-refractivity contribution in [3.63, 3.8) is 0 Å². The van der Waals surface area contributed by atoms with Gasteiger partial charge in [0.05, 0.1) is 19.8 Å². The number of amides is 2. The number of methoxy groups -OCH3 is 1. The molecule has 6 nitrogen and oxygen atoms in total. The van der Waals surface area contributed by atoms with Gasteiger partial charge in [-0.1, -0.05) is 18.2 Å². The van der Waals surface area contributed by atoms with Gasteiger partial charge in [-0.3, -0.25) is 9.59 Å². The minimum Gasteiger partial charge on any atom is -0.497 e. The molecule has 2 aromatic carbocycles. The predicted octanol–water partition coefficient (Wildman–Crippen LogP) is 2.26. The highest BCUT2D eigenvalue weighted by atomic mass is 16.5. The lowest BCUT2D eigenvalue weighted by molar-refractivity contribution is 0.0843. The number of hydrogen-bond acceptors (Lipinski definition) is 4. The lowest BCUT2D eigenvalue weighted by Crippen LogP contribution is -2.32. The first kappa shape index (κ1) is 18.9. The molecule has 0 saturated carbocycles. The van der Waals surface area contributed by atoms with E-state index in [0.29, 0.717) is 36.6 Å². The van der Waals surface area contributed by atoms with E-state index in [4.69, 9.17) is 9.47 Å². The summed E-state index contributed by atoms with van der Waals surface area (Å²) >= 11 is 0. The molecule has 6 heteroatoms. The predicted molar refractivity (Wildman–Crippen MR) is 102 cm³/mol. The summed E-state index contributed by atoms with van der Waals surface area (Å²) in [5.41, 5.74) is 1.24. The fraction of sp³-hybridized carbons (Fsp3) is 0.333. The number of benzene rings is 2. The van der Waals surface area contributed by atoms with Crippen molar-refractivity contribution in [2.75, 3.05) is 26.8 Å². The van der Waals surface area contributed by atoms with Gasteiger partial charge >= 0.3 is 0 Å². The molecule has 2 atom stereocenters. The molecule has 0 bridgehead atoms.